The Morgan fingerprint density at radius 3 is 2.89 bits per heavy atom. The zero-order chi connectivity index (χ0) is 13.5. The van der Waals surface area contributed by atoms with Crippen molar-refractivity contribution in [1.82, 2.24) is 10.2 Å². The molecule has 0 saturated carbocycles. The lowest BCUT2D eigenvalue weighted by Gasteiger charge is -2.24. The Hall–Kier alpha value is -1.57. The van der Waals surface area contributed by atoms with Crippen molar-refractivity contribution in [3.05, 3.63) is 29.8 Å². The Labute approximate surface area is 115 Å². The first-order chi connectivity index (χ1) is 9.33. The van der Waals surface area contributed by atoms with Gasteiger partial charge in [0.15, 0.2) is 0 Å². The maximum absolute atomic E-state index is 8.72. The number of hydrogen-bond acceptors (Lipinski definition) is 4. The highest BCUT2D eigenvalue weighted by Gasteiger charge is 2.23. The summed E-state index contributed by atoms with van der Waals surface area (Å²) in [6.45, 7) is 3.89. The predicted molar refractivity (Wildman–Crippen MR) is 75.2 cm³/mol. The molecule has 0 bridgehead atoms. The van der Waals surface area contributed by atoms with Gasteiger partial charge in [0.2, 0.25) is 0 Å². The van der Waals surface area contributed by atoms with Crippen molar-refractivity contribution in [3.63, 3.8) is 0 Å². The molecule has 4 nitrogen and oxygen atoms in total. The van der Waals surface area contributed by atoms with E-state index in [1.807, 2.05) is 19.2 Å². The second-order valence-electron chi connectivity index (χ2n) is 4.87. The summed E-state index contributed by atoms with van der Waals surface area (Å²) in [6, 6.07) is 10.0. The van der Waals surface area contributed by atoms with Crippen LogP contribution in [0.4, 0.5) is 0 Å². The van der Waals surface area contributed by atoms with E-state index in [4.69, 9.17) is 10.00 Å². The molecule has 1 atom stereocenters. The third kappa shape index (κ3) is 3.95. The first kappa shape index (κ1) is 13.9. The van der Waals surface area contributed by atoms with Gasteiger partial charge in [-0.3, -0.25) is 4.90 Å². The van der Waals surface area contributed by atoms with E-state index in [9.17, 15) is 0 Å². The minimum absolute atomic E-state index is 0.648. The van der Waals surface area contributed by atoms with E-state index in [2.05, 4.69) is 16.3 Å². The van der Waals surface area contributed by atoms with E-state index in [1.54, 1.807) is 12.1 Å². The molecule has 1 saturated heterocycles. The van der Waals surface area contributed by atoms with Crippen molar-refractivity contribution in [2.24, 2.45) is 0 Å². The molecule has 1 N–H and O–H groups in total. The van der Waals surface area contributed by atoms with E-state index in [-0.39, 0.29) is 0 Å². The molecule has 2 rings (SSSR count). The van der Waals surface area contributed by atoms with Gasteiger partial charge in [0.05, 0.1) is 11.6 Å². The Balaban J connectivity index is 1.75. The second kappa shape index (κ2) is 7.13. The van der Waals surface area contributed by atoms with Crippen LogP contribution in [0.15, 0.2) is 24.3 Å². The molecule has 0 amide bonds. The topological polar surface area (TPSA) is 48.3 Å². The summed E-state index contributed by atoms with van der Waals surface area (Å²) in [7, 11) is 2.00. The van der Waals surface area contributed by atoms with E-state index in [0.29, 0.717) is 18.2 Å². The molecule has 0 aromatic heterocycles. The molecule has 0 radical (unpaired) electrons. The van der Waals surface area contributed by atoms with Crippen LogP contribution in [0, 0.1) is 11.3 Å². The van der Waals surface area contributed by atoms with Crippen LogP contribution in [0.5, 0.6) is 5.75 Å². The molecular weight excluding hydrogens is 238 g/mol. The molecule has 1 aliphatic rings. The summed E-state index contributed by atoms with van der Waals surface area (Å²) < 4.78 is 5.72. The van der Waals surface area contributed by atoms with E-state index < -0.39 is 0 Å². The number of likely N-dealkylation sites (N-methyl/N-ethyl adjacent to an activating group) is 1. The zero-order valence-corrected chi connectivity index (χ0v) is 11.4. The van der Waals surface area contributed by atoms with Gasteiger partial charge in [0, 0.05) is 19.1 Å². The minimum Gasteiger partial charge on any atom is -0.492 e. The van der Waals surface area contributed by atoms with Gasteiger partial charge in [-0.05, 0) is 50.7 Å². The van der Waals surface area contributed by atoms with Gasteiger partial charge in [-0.1, -0.05) is 0 Å². The summed E-state index contributed by atoms with van der Waals surface area (Å²) in [4.78, 5) is 2.49. The molecule has 1 heterocycles. The Morgan fingerprint density at radius 2 is 2.21 bits per heavy atom. The number of nitriles is 1. The van der Waals surface area contributed by atoms with Crippen LogP contribution in [0.1, 0.15) is 18.4 Å². The van der Waals surface area contributed by atoms with Crippen LogP contribution in [0.2, 0.25) is 0 Å². The van der Waals surface area contributed by atoms with Gasteiger partial charge < -0.3 is 10.1 Å². The average Bonchev–Trinajstić information content (AvgIpc) is 2.88. The standard InChI is InChI=1S/C15H21N3O/c1-17-12-14-3-2-8-18(14)9-10-19-15-6-4-13(11-16)5-7-15/h4-7,14,17H,2-3,8-10,12H2,1H3. The van der Waals surface area contributed by atoms with Crippen molar-refractivity contribution in [2.75, 3.05) is 33.3 Å². The van der Waals surface area contributed by atoms with Gasteiger partial charge >= 0.3 is 0 Å². The molecule has 0 aliphatic carbocycles. The van der Waals surface area contributed by atoms with Gasteiger partial charge in [-0.15, -0.1) is 0 Å². The van der Waals surface area contributed by atoms with Crippen LogP contribution in [-0.4, -0.2) is 44.2 Å². The molecule has 1 aromatic carbocycles. The molecule has 1 aliphatic heterocycles. The summed E-state index contributed by atoms with van der Waals surface area (Å²) in [6.07, 6.45) is 2.56. The first-order valence-corrected chi connectivity index (χ1v) is 6.85. The number of nitrogens with one attached hydrogen (secondary N) is 1. The number of rotatable bonds is 6. The van der Waals surface area contributed by atoms with Crippen LogP contribution in [0.3, 0.4) is 0 Å². The van der Waals surface area contributed by atoms with Crippen molar-refractivity contribution >= 4 is 0 Å². The van der Waals surface area contributed by atoms with Crippen LogP contribution < -0.4 is 10.1 Å². The third-order valence-corrected chi connectivity index (χ3v) is 3.57. The van der Waals surface area contributed by atoms with Crippen LogP contribution >= 0.6 is 0 Å². The van der Waals surface area contributed by atoms with Gasteiger partial charge in [0.25, 0.3) is 0 Å². The Kier molecular flexibility index (Phi) is 5.20. The summed E-state index contributed by atoms with van der Waals surface area (Å²) in [5.74, 6) is 0.836. The number of likely N-dealkylation sites (tertiary alicyclic amines) is 1. The highest BCUT2D eigenvalue weighted by Crippen LogP contribution is 2.16. The highest BCUT2D eigenvalue weighted by molar-refractivity contribution is 5.34. The number of benzene rings is 1. The monoisotopic (exact) mass is 259 g/mol. The maximum atomic E-state index is 8.72. The van der Waals surface area contributed by atoms with Gasteiger partial charge in [0.1, 0.15) is 12.4 Å². The quantitative estimate of drug-likeness (QED) is 0.843. The lowest BCUT2D eigenvalue weighted by Crippen LogP contribution is -2.38. The largest absolute Gasteiger partial charge is 0.492 e. The summed E-state index contributed by atoms with van der Waals surface area (Å²) in [5.41, 5.74) is 0.668. The van der Waals surface area contributed by atoms with Crippen molar-refractivity contribution in [2.45, 2.75) is 18.9 Å². The fourth-order valence-electron chi connectivity index (χ4n) is 2.56. The molecule has 0 spiro atoms. The molecule has 4 heteroatoms. The average molecular weight is 259 g/mol. The molecule has 19 heavy (non-hydrogen) atoms. The Bertz CT molecular complexity index is 424. The SMILES string of the molecule is CNCC1CCCN1CCOc1ccc(C#N)cc1. The van der Waals surface area contributed by atoms with Crippen LogP contribution in [0.25, 0.3) is 0 Å². The highest BCUT2D eigenvalue weighted by atomic mass is 16.5. The third-order valence-electron chi connectivity index (χ3n) is 3.57. The lowest BCUT2D eigenvalue weighted by atomic mass is 10.2. The molecule has 1 fully saturated rings. The Morgan fingerprint density at radius 1 is 1.42 bits per heavy atom. The van der Waals surface area contributed by atoms with Crippen molar-refractivity contribution < 1.29 is 4.74 Å². The smallest absolute Gasteiger partial charge is 0.119 e. The van der Waals surface area contributed by atoms with E-state index >= 15 is 0 Å². The molecule has 1 aromatic rings. The summed E-state index contributed by atoms with van der Waals surface area (Å²) in [5, 5.41) is 12.0. The summed E-state index contributed by atoms with van der Waals surface area (Å²) >= 11 is 0. The van der Waals surface area contributed by atoms with Crippen LogP contribution in [-0.2, 0) is 0 Å². The van der Waals surface area contributed by atoms with E-state index in [0.717, 1.165) is 18.8 Å². The van der Waals surface area contributed by atoms with Crippen molar-refractivity contribution in [3.8, 4) is 11.8 Å². The molecule has 1 unspecified atom stereocenters. The normalized spacial score (nSPS) is 19.3. The fourth-order valence-corrected chi connectivity index (χ4v) is 2.56. The molecular formula is C15H21N3O. The zero-order valence-electron chi connectivity index (χ0n) is 11.4. The second-order valence-corrected chi connectivity index (χ2v) is 4.87. The molecule has 102 valence electrons. The van der Waals surface area contributed by atoms with Crippen molar-refractivity contribution in [1.29, 1.82) is 5.26 Å². The number of hydrogen-bond donors (Lipinski definition) is 1. The van der Waals surface area contributed by atoms with Gasteiger partial charge in [-0.25, -0.2) is 0 Å². The number of nitrogens with zero attached hydrogens (tertiary/aromatic N) is 2. The maximum Gasteiger partial charge on any atom is 0.119 e. The lowest BCUT2D eigenvalue weighted by molar-refractivity contribution is 0.195. The number of ether oxygens (including phenoxy) is 1. The fraction of sp³-hybridized carbons (Fsp3) is 0.533. The van der Waals surface area contributed by atoms with Gasteiger partial charge in [-0.2, -0.15) is 5.26 Å². The minimum atomic E-state index is 0.648. The van der Waals surface area contributed by atoms with E-state index in [1.165, 1.54) is 19.4 Å². The first-order valence-electron chi connectivity index (χ1n) is 6.85. The predicted octanol–water partition coefficient (Wildman–Crippen LogP) is 1.62.